The summed E-state index contributed by atoms with van der Waals surface area (Å²) >= 11 is 0. The Kier molecular flexibility index (Phi) is 5.58. The quantitative estimate of drug-likeness (QED) is 0.405. The fourth-order valence-electron chi connectivity index (χ4n) is 2.32. The third kappa shape index (κ3) is 4.28. The van der Waals surface area contributed by atoms with E-state index in [1.807, 2.05) is 12.1 Å². The number of fused-ring (bicyclic) bond motifs is 1. The van der Waals surface area contributed by atoms with Gasteiger partial charge in [-0.1, -0.05) is 36.4 Å². The maximum atomic E-state index is 12.1. The molecule has 138 valence electrons. The molecular weight excluding hydrogens is 358 g/mol. The zero-order valence-electron chi connectivity index (χ0n) is 14.8. The summed E-state index contributed by atoms with van der Waals surface area (Å²) in [6.45, 7) is 1.55. The molecule has 0 fully saturated rings. The Hall–Kier alpha value is -4.25. The van der Waals surface area contributed by atoms with E-state index in [9.17, 15) is 9.59 Å². The van der Waals surface area contributed by atoms with Crippen LogP contribution in [0.4, 0.5) is 5.69 Å². The largest absolute Gasteiger partial charge is 0.422 e. The Labute approximate surface area is 159 Å². The first-order chi connectivity index (χ1) is 13.6. The second-order valence-electron chi connectivity index (χ2n) is 5.67. The normalized spacial score (nSPS) is 11.7. The lowest BCUT2D eigenvalue weighted by molar-refractivity contribution is -0.114. The number of benzene rings is 2. The van der Waals surface area contributed by atoms with E-state index in [0.717, 1.165) is 5.39 Å². The van der Waals surface area contributed by atoms with Crippen LogP contribution in [0.5, 0.6) is 0 Å². The van der Waals surface area contributed by atoms with Crippen molar-refractivity contribution in [3.63, 3.8) is 0 Å². The fourth-order valence-corrected chi connectivity index (χ4v) is 2.32. The SMILES string of the molecule is C/C(=N\NC(=O)/C(C#N)=N/Nc1ccccc1)c1cc2ccccc2oc1=O. The van der Waals surface area contributed by atoms with Crippen LogP contribution < -0.4 is 16.5 Å². The zero-order chi connectivity index (χ0) is 19.9. The average Bonchev–Trinajstić information content (AvgIpc) is 2.72. The Morgan fingerprint density at radius 2 is 1.79 bits per heavy atom. The molecule has 0 spiro atoms. The van der Waals surface area contributed by atoms with Crippen LogP contribution in [0.2, 0.25) is 0 Å². The lowest BCUT2D eigenvalue weighted by atomic mass is 10.1. The minimum Gasteiger partial charge on any atom is -0.422 e. The Bertz CT molecular complexity index is 1170. The molecule has 0 saturated carbocycles. The van der Waals surface area contributed by atoms with Gasteiger partial charge < -0.3 is 4.42 Å². The Balaban J connectivity index is 1.76. The van der Waals surface area contributed by atoms with E-state index in [0.29, 0.717) is 11.3 Å². The number of carbonyl (C=O) groups excluding carboxylic acids is 1. The standard InChI is InChI=1S/C20H15N5O3/c1-13(16-11-14-7-5-6-10-18(14)28-20(16)27)22-25-19(26)17(12-21)24-23-15-8-3-2-4-9-15/h2-11,23H,1H3,(H,25,26)/b22-13+,24-17+. The van der Waals surface area contributed by atoms with Gasteiger partial charge in [0.2, 0.25) is 5.71 Å². The van der Waals surface area contributed by atoms with E-state index in [-0.39, 0.29) is 11.3 Å². The van der Waals surface area contributed by atoms with Crippen LogP contribution in [0.1, 0.15) is 12.5 Å². The average molecular weight is 373 g/mol. The molecule has 0 unspecified atom stereocenters. The number of hydrogen-bond acceptors (Lipinski definition) is 7. The third-order valence-electron chi connectivity index (χ3n) is 3.75. The van der Waals surface area contributed by atoms with Gasteiger partial charge in [-0.15, -0.1) is 0 Å². The molecule has 28 heavy (non-hydrogen) atoms. The molecule has 3 aromatic rings. The van der Waals surface area contributed by atoms with E-state index in [2.05, 4.69) is 21.1 Å². The van der Waals surface area contributed by atoms with Crippen molar-refractivity contribution in [1.82, 2.24) is 5.43 Å². The molecule has 0 bridgehead atoms. The van der Waals surface area contributed by atoms with E-state index < -0.39 is 17.2 Å². The van der Waals surface area contributed by atoms with Gasteiger partial charge in [0, 0.05) is 5.39 Å². The summed E-state index contributed by atoms with van der Waals surface area (Å²) in [5.74, 6) is -0.810. The molecule has 2 N–H and O–H groups in total. The summed E-state index contributed by atoms with van der Waals surface area (Å²) < 4.78 is 5.24. The lowest BCUT2D eigenvalue weighted by Crippen LogP contribution is -2.28. The summed E-state index contributed by atoms with van der Waals surface area (Å²) in [7, 11) is 0. The van der Waals surface area contributed by atoms with Crippen molar-refractivity contribution >= 4 is 34.0 Å². The topological polar surface area (TPSA) is 120 Å². The van der Waals surface area contributed by atoms with Crippen molar-refractivity contribution in [1.29, 1.82) is 5.26 Å². The van der Waals surface area contributed by atoms with Gasteiger partial charge in [-0.2, -0.15) is 15.5 Å². The zero-order valence-corrected chi connectivity index (χ0v) is 14.8. The maximum absolute atomic E-state index is 12.1. The lowest BCUT2D eigenvalue weighted by Gasteiger charge is -2.03. The van der Waals surface area contributed by atoms with Crippen LogP contribution in [-0.4, -0.2) is 17.3 Å². The first-order valence-corrected chi connectivity index (χ1v) is 8.25. The molecule has 3 rings (SSSR count). The number of carbonyl (C=O) groups is 1. The van der Waals surface area contributed by atoms with Gasteiger partial charge in [-0.3, -0.25) is 10.2 Å². The van der Waals surface area contributed by atoms with Gasteiger partial charge in [-0.25, -0.2) is 10.2 Å². The van der Waals surface area contributed by atoms with Crippen LogP contribution in [0.15, 0.2) is 80.1 Å². The number of hydrogen-bond donors (Lipinski definition) is 2. The van der Waals surface area contributed by atoms with Crippen molar-refractivity contribution < 1.29 is 9.21 Å². The molecule has 1 amide bonds. The van der Waals surface area contributed by atoms with E-state index in [4.69, 9.17) is 9.68 Å². The van der Waals surface area contributed by atoms with Crippen LogP contribution in [0.25, 0.3) is 11.0 Å². The third-order valence-corrected chi connectivity index (χ3v) is 3.75. The molecule has 0 atom stereocenters. The molecular formula is C20H15N5O3. The molecule has 1 heterocycles. The second kappa shape index (κ2) is 8.42. The van der Waals surface area contributed by atoms with Crippen molar-refractivity contribution in [2.75, 3.05) is 5.43 Å². The number of nitrogens with one attached hydrogen (secondary N) is 2. The van der Waals surface area contributed by atoms with Gasteiger partial charge in [0.25, 0.3) is 0 Å². The predicted octanol–water partition coefficient (Wildman–Crippen LogP) is 2.62. The summed E-state index contributed by atoms with van der Waals surface area (Å²) in [5, 5.41) is 17.5. The summed E-state index contributed by atoms with van der Waals surface area (Å²) in [5.41, 5.74) is 5.37. The fraction of sp³-hybridized carbons (Fsp3) is 0.0500. The number of amides is 1. The molecule has 1 aromatic heterocycles. The minimum atomic E-state index is -0.810. The molecule has 0 aliphatic carbocycles. The molecule has 2 aromatic carbocycles. The van der Waals surface area contributed by atoms with Gasteiger partial charge >= 0.3 is 11.5 Å². The first kappa shape index (κ1) is 18.5. The number of hydrazone groups is 2. The van der Waals surface area contributed by atoms with Gasteiger partial charge in [0.1, 0.15) is 11.7 Å². The molecule has 0 aliphatic heterocycles. The summed E-state index contributed by atoms with van der Waals surface area (Å²) in [4.78, 5) is 24.2. The van der Waals surface area contributed by atoms with Crippen LogP contribution >= 0.6 is 0 Å². The van der Waals surface area contributed by atoms with Gasteiger partial charge in [0.15, 0.2) is 0 Å². The molecule has 0 aliphatic rings. The monoisotopic (exact) mass is 373 g/mol. The van der Waals surface area contributed by atoms with Crippen molar-refractivity contribution in [3.05, 3.63) is 76.6 Å². The summed E-state index contributed by atoms with van der Waals surface area (Å²) in [6.07, 6.45) is 0. The number of anilines is 1. The van der Waals surface area contributed by atoms with Crippen LogP contribution in [0.3, 0.4) is 0 Å². The Morgan fingerprint density at radius 1 is 1.07 bits per heavy atom. The van der Waals surface area contributed by atoms with Crippen molar-refractivity contribution in [3.8, 4) is 6.07 Å². The minimum absolute atomic E-state index is 0.205. The second-order valence-corrected chi connectivity index (χ2v) is 5.67. The first-order valence-electron chi connectivity index (χ1n) is 8.25. The maximum Gasteiger partial charge on any atom is 0.345 e. The number of rotatable bonds is 5. The van der Waals surface area contributed by atoms with E-state index in [1.54, 1.807) is 61.5 Å². The molecule has 0 saturated heterocycles. The smallest absolute Gasteiger partial charge is 0.345 e. The highest BCUT2D eigenvalue weighted by molar-refractivity contribution is 6.45. The Morgan fingerprint density at radius 3 is 2.54 bits per heavy atom. The van der Waals surface area contributed by atoms with Crippen molar-refractivity contribution in [2.45, 2.75) is 6.92 Å². The number of nitrogens with zero attached hydrogens (tertiary/aromatic N) is 3. The molecule has 8 heteroatoms. The molecule has 0 radical (unpaired) electrons. The number of nitriles is 1. The highest BCUT2D eigenvalue weighted by Crippen LogP contribution is 2.13. The van der Waals surface area contributed by atoms with Crippen molar-refractivity contribution in [2.24, 2.45) is 10.2 Å². The van der Waals surface area contributed by atoms with E-state index >= 15 is 0 Å². The number of para-hydroxylation sites is 2. The molecule has 8 nitrogen and oxygen atoms in total. The van der Waals surface area contributed by atoms with Crippen LogP contribution in [-0.2, 0) is 4.79 Å². The van der Waals surface area contributed by atoms with Crippen LogP contribution in [0, 0.1) is 11.3 Å². The van der Waals surface area contributed by atoms with Gasteiger partial charge in [0.05, 0.1) is 17.0 Å². The van der Waals surface area contributed by atoms with E-state index in [1.165, 1.54) is 0 Å². The highest BCUT2D eigenvalue weighted by atomic mass is 16.4. The predicted molar refractivity (Wildman–Crippen MR) is 106 cm³/mol. The summed E-state index contributed by atoms with van der Waals surface area (Å²) in [6, 6.07) is 19.2. The van der Waals surface area contributed by atoms with Gasteiger partial charge in [-0.05, 0) is 31.2 Å². The highest BCUT2D eigenvalue weighted by Gasteiger charge is 2.12.